The Bertz CT molecular complexity index is 1180. The number of nitro benzene ring substituents is 1. The summed E-state index contributed by atoms with van der Waals surface area (Å²) in [5.41, 5.74) is 1.37. The van der Waals surface area contributed by atoms with Gasteiger partial charge in [-0.3, -0.25) is 24.6 Å². The highest BCUT2D eigenvalue weighted by Gasteiger charge is 2.36. The van der Waals surface area contributed by atoms with Gasteiger partial charge in [-0.2, -0.15) is 0 Å². The Morgan fingerprint density at radius 2 is 1.93 bits per heavy atom. The van der Waals surface area contributed by atoms with E-state index >= 15 is 0 Å². The van der Waals surface area contributed by atoms with Crippen LogP contribution in [0.15, 0.2) is 36.4 Å². The van der Waals surface area contributed by atoms with Gasteiger partial charge in [0, 0.05) is 23.5 Å². The van der Waals surface area contributed by atoms with Crippen molar-refractivity contribution < 1.29 is 24.0 Å². The molecule has 2 aliphatic heterocycles. The van der Waals surface area contributed by atoms with Gasteiger partial charge in [-0.25, -0.2) is 0 Å². The number of ether oxygens (including phenoxy) is 2. The highest BCUT2D eigenvalue weighted by atomic mass is 16.7. The second kappa shape index (κ2) is 5.81. The third kappa shape index (κ3) is 2.26. The number of carbonyl (C=O) groups excluding carboxylic acids is 2. The van der Waals surface area contributed by atoms with E-state index in [1.54, 1.807) is 0 Å². The molecule has 0 spiro atoms. The molecule has 5 rings (SSSR count). The molecule has 3 aromatic rings. The summed E-state index contributed by atoms with van der Waals surface area (Å²) in [5.74, 6) is -0.801. The Hall–Kier alpha value is -3.88. The lowest BCUT2D eigenvalue weighted by Crippen LogP contribution is -2.42. The van der Waals surface area contributed by atoms with E-state index in [9.17, 15) is 19.7 Å². The van der Waals surface area contributed by atoms with Gasteiger partial charge in [0.25, 0.3) is 17.5 Å². The summed E-state index contributed by atoms with van der Waals surface area (Å²) in [5, 5.41) is 12.4. The number of amides is 2. The van der Waals surface area contributed by atoms with Crippen LogP contribution in [0.4, 0.5) is 5.69 Å². The molecule has 0 atom stereocenters. The van der Waals surface area contributed by atoms with Crippen molar-refractivity contribution in [3.05, 3.63) is 63.3 Å². The molecule has 9 nitrogen and oxygen atoms in total. The molecule has 28 heavy (non-hydrogen) atoms. The number of imide groups is 1. The van der Waals surface area contributed by atoms with Gasteiger partial charge < -0.3 is 14.5 Å². The lowest BCUT2D eigenvalue weighted by molar-refractivity contribution is -0.385. The number of aromatic amines is 1. The zero-order valence-electron chi connectivity index (χ0n) is 14.4. The monoisotopic (exact) mass is 379 g/mol. The predicted molar refractivity (Wildman–Crippen MR) is 96.6 cm³/mol. The Kier molecular flexibility index (Phi) is 3.38. The predicted octanol–water partition coefficient (Wildman–Crippen LogP) is 2.64. The molecule has 0 fully saturated rings. The average molecular weight is 379 g/mol. The Balaban J connectivity index is 1.56. The van der Waals surface area contributed by atoms with E-state index in [0.717, 1.165) is 27.4 Å². The second-order valence-electron chi connectivity index (χ2n) is 6.52. The Morgan fingerprint density at radius 3 is 2.71 bits per heavy atom. The van der Waals surface area contributed by atoms with Gasteiger partial charge in [-0.1, -0.05) is 18.2 Å². The quantitative estimate of drug-likeness (QED) is 0.416. The molecule has 2 aromatic carbocycles. The number of H-pyrrole nitrogens is 1. The maximum Gasteiger partial charge on any atom is 0.286 e. The molecule has 9 heteroatoms. The molecular formula is C19H13N3O6. The normalized spacial score (nSPS) is 15.0. The van der Waals surface area contributed by atoms with Gasteiger partial charge in [-0.15, -0.1) is 0 Å². The van der Waals surface area contributed by atoms with E-state index in [1.807, 2.05) is 24.3 Å². The van der Waals surface area contributed by atoms with Crippen LogP contribution in [0.3, 0.4) is 0 Å². The number of carbonyl (C=O) groups is 2. The van der Waals surface area contributed by atoms with Crippen LogP contribution in [0.25, 0.3) is 10.9 Å². The fourth-order valence-electron chi connectivity index (χ4n) is 3.70. The van der Waals surface area contributed by atoms with Crippen LogP contribution in [0.1, 0.15) is 26.4 Å². The van der Waals surface area contributed by atoms with Crippen molar-refractivity contribution in [3.8, 4) is 11.5 Å². The van der Waals surface area contributed by atoms with Gasteiger partial charge in [0.15, 0.2) is 11.5 Å². The van der Waals surface area contributed by atoms with Crippen LogP contribution >= 0.6 is 0 Å². The third-order valence-corrected chi connectivity index (χ3v) is 5.02. The minimum Gasteiger partial charge on any atom is -0.454 e. The molecule has 2 amide bonds. The highest BCUT2D eigenvalue weighted by molar-refractivity contribution is 6.14. The molecule has 3 heterocycles. The van der Waals surface area contributed by atoms with Crippen molar-refractivity contribution in [1.82, 2.24) is 9.88 Å². The fraction of sp³-hybridized carbons (Fsp3) is 0.158. The zero-order valence-corrected chi connectivity index (χ0v) is 14.4. The van der Waals surface area contributed by atoms with Gasteiger partial charge in [0.1, 0.15) is 11.3 Å². The summed E-state index contributed by atoms with van der Waals surface area (Å²) in [7, 11) is 0. The third-order valence-electron chi connectivity index (χ3n) is 5.02. The summed E-state index contributed by atoms with van der Waals surface area (Å²) in [6.07, 6.45) is 0.467. The molecule has 0 unspecified atom stereocenters. The summed E-state index contributed by atoms with van der Waals surface area (Å²) >= 11 is 0. The number of fused-ring (bicyclic) bond motifs is 4. The van der Waals surface area contributed by atoms with Crippen molar-refractivity contribution in [2.45, 2.75) is 6.42 Å². The molecule has 0 bridgehead atoms. The van der Waals surface area contributed by atoms with Crippen molar-refractivity contribution in [1.29, 1.82) is 0 Å². The maximum atomic E-state index is 13.1. The minimum atomic E-state index is -0.737. The number of rotatable bonds is 2. The molecule has 2 aliphatic rings. The van der Waals surface area contributed by atoms with Crippen molar-refractivity contribution >= 4 is 28.4 Å². The fourth-order valence-corrected chi connectivity index (χ4v) is 3.70. The maximum absolute atomic E-state index is 13.1. The summed E-state index contributed by atoms with van der Waals surface area (Å²) in [6.45, 7) is 0.0588. The number of hydrogen-bond acceptors (Lipinski definition) is 6. The second-order valence-corrected chi connectivity index (χ2v) is 6.52. The molecule has 0 saturated carbocycles. The van der Waals surface area contributed by atoms with Crippen LogP contribution in [0.2, 0.25) is 0 Å². The minimum absolute atomic E-state index is 0.0782. The number of hydrogen-bond donors (Lipinski definition) is 1. The van der Waals surface area contributed by atoms with Crippen LogP contribution < -0.4 is 9.47 Å². The number of benzene rings is 2. The van der Waals surface area contributed by atoms with E-state index in [-0.39, 0.29) is 30.4 Å². The van der Waals surface area contributed by atoms with Gasteiger partial charge in [0.2, 0.25) is 6.79 Å². The molecule has 0 aliphatic carbocycles. The van der Waals surface area contributed by atoms with Crippen molar-refractivity contribution in [2.75, 3.05) is 13.3 Å². The Morgan fingerprint density at radius 1 is 1.18 bits per heavy atom. The standard InChI is InChI=1S/C19H13N3O6/c23-18(12-7-15-16(28-9-27-15)8-14(12)22(25)26)21-6-5-11-10-3-1-2-4-13(10)20-17(11)19(21)24/h1-4,7-8,20H,5-6,9H2. The molecule has 0 saturated heterocycles. The molecule has 1 N–H and O–H groups in total. The number of nitro groups is 1. The molecular weight excluding hydrogens is 366 g/mol. The number of para-hydroxylation sites is 1. The van der Waals surface area contributed by atoms with Crippen LogP contribution in [-0.4, -0.2) is 40.0 Å². The topological polar surface area (TPSA) is 115 Å². The van der Waals surface area contributed by atoms with Gasteiger partial charge in [0.05, 0.1) is 11.0 Å². The van der Waals surface area contributed by atoms with E-state index in [0.29, 0.717) is 12.1 Å². The summed E-state index contributed by atoms with van der Waals surface area (Å²) in [6, 6.07) is 9.92. The van der Waals surface area contributed by atoms with Crippen molar-refractivity contribution in [2.24, 2.45) is 0 Å². The number of nitrogens with zero attached hydrogens (tertiary/aromatic N) is 2. The van der Waals surface area contributed by atoms with E-state index in [1.165, 1.54) is 6.07 Å². The van der Waals surface area contributed by atoms with E-state index in [4.69, 9.17) is 9.47 Å². The van der Waals surface area contributed by atoms with Gasteiger partial charge in [-0.05, 0) is 18.1 Å². The molecule has 0 radical (unpaired) electrons. The van der Waals surface area contributed by atoms with Gasteiger partial charge >= 0.3 is 0 Å². The number of aromatic nitrogens is 1. The summed E-state index contributed by atoms with van der Waals surface area (Å²) < 4.78 is 10.4. The first-order chi connectivity index (χ1) is 13.5. The van der Waals surface area contributed by atoms with Crippen LogP contribution in [-0.2, 0) is 6.42 Å². The van der Waals surface area contributed by atoms with E-state index < -0.39 is 22.4 Å². The SMILES string of the molecule is O=C(c1cc2c(cc1[N+](=O)[O-])OCO2)N1CCc2c([nH]c3ccccc23)C1=O. The Labute approximate surface area is 157 Å². The average Bonchev–Trinajstić information content (AvgIpc) is 3.31. The highest BCUT2D eigenvalue weighted by Crippen LogP contribution is 2.39. The van der Waals surface area contributed by atoms with E-state index in [2.05, 4.69) is 4.98 Å². The lowest BCUT2D eigenvalue weighted by atomic mass is 10.0. The van der Waals surface area contributed by atoms with Crippen molar-refractivity contribution in [3.63, 3.8) is 0 Å². The molecule has 140 valence electrons. The van der Waals surface area contributed by atoms with Crippen LogP contribution in [0, 0.1) is 10.1 Å². The lowest BCUT2D eigenvalue weighted by Gasteiger charge is -2.25. The van der Waals surface area contributed by atoms with Crippen LogP contribution in [0.5, 0.6) is 11.5 Å². The number of nitrogens with one attached hydrogen (secondary N) is 1. The first-order valence-corrected chi connectivity index (χ1v) is 8.58. The largest absolute Gasteiger partial charge is 0.454 e. The zero-order chi connectivity index (χ0) is 19.4. The smallest absolute Gasteiger partial charge is 0.286 e. The summed E-state index contributed by atoms with van der Waals surface area (Å²) in [4.78, 5) is 40.9. The first-order valence-electron chi connectivity index (χ1n) is 8.58. The first kappa shape index (κ1) is 16.3. The molecule has 1 aromatic heterocycles.